The van der Waals surface area contributed by atoms with Crippen LogP contribution in [0.4, 0.5) is 43.8 Å². The molecule has 1 aromatic heterocycles. The monoisotopic (exact) mass is 414 g/mol. The molecule has 27 heavy (non-hydrogen) atoms. The van der Waals surface area contributed by atoms with Crippen molar-refractivity contribution in [2.24, 2.45) is 0 Å². The lowest BCUT2D eigenvalue weighted by Gasteiger charge is -2.17. The van der Waals surface area contributed by atoms with Gasteiger partial charge in [0.2, 0.25) is 5.95 Å². The molecule has 0 bridgehead atoms. The van der Waals surface area contributed by atoms with Gasteiger partial charge in [0.15, 0.2) is 5.69 Å². The Morgan fingerprint density at radius 3 is 2.33 bits per heavy atom. The minimum Gasteiger partial charge on any atom is -0.396 e. The molecule has 0 aliphatic rings. The first kappa shape index (κ1) is 21.0. The molecule has 0 aliphatic carbocycles. The van der Waals surface area contributed by atoms with Crippen LogP contribution in [-0.2, 0) is 12.4 Å². The topological polar surface area (TPSA) is 70.1 Å². The number of hydrogen-bond acceptors (Lipinski definition) is 5. The van der Waals surface area contributed by atoms with Crippen LogP contribution >= 0.6 is 11.6 Å². The second kappa shape index (κ2) is 8.17. The highest BCUT2D eigenvalue weighted by atomic mass is 35.5. The maximum Gasteiger partial charge on any atom is 0.433 e. The summed E-state index contributed by atoms with van der Waals surface area (Å²) in [7, 11) is 0. The zero-order chi connectivity index (χ0) is 20.2. The summed E-state index contributed by atoms with van der Waals surface area (Å²) in [5.41, 5.74) is -3.14. The summed E-state index contributed by atoms with van der Waals surface area (Å²) >= 11 is 5.79. The van der Waals surface area contributed by atoms with E-state index in [4.69, 9.17) is 16.7 Å². The number of hydrogen-bond donors (Lipinski definition) is 3. The van der Waals surface area contributed by atoms with Gasteiger partial charge < -0.3 is 15.7 Å². The Morgan fingerprint density at radius 1 is 1.04 bits per heavy atom. The van der Waals surface area contributed by atoms with Gasteiger partial charge in [0.1, 0.15) is 5.82 Å². The van der Waals surface area contributed by atoms with Gasteiger partial charge in [-0.15, -0.1) is 0 Å². The number of para-hydroxylation sites is 1. The second-order valence-corrected chi connectivity index (χ2v) is 5.66. The molecule has 0 radical (unpaired) electrons. The lowest BCUT2D eigenvalue weighted by molar-refractivity contribution is -0.141. The lowest BCUT2D eigenvalue weighted by atomic mass is 10.1. The maximum atomic E-state index is 13.1. The highest BCUT2D eigenvalue weighted by Crippen LogP contribution is 2.40. The predicted octanol–water partition coefficient (Wildman–Crippen LogP) is 4.71. The normalized spacial score (nSPS) is 12.1. The van der Waals surface area contributed by atoms with E-state index in [1.165, 1.54) is 0 Å². The molecule has 1 aromatic carbocycles. The summed E-state index contributed by atoms with van der Waals surface area (Å²) in [5.74, 6) is -0.983. The Morgan fingerprint density at radius 2 is 1.74 bits per heavy atom. The molecule has 0 spiro atoms. The van der Waals surface area contributed by atoms with Gasteiger partial charge in [0.25, 0.3) is 0 Å². The zero-order valence-corrected chi connectivity index (χ0v) is 14.2. The van der Waals surface area contributed by atoms with Crippen LogP contribution in [0.5, 0.6) is 0 Å². The smallest absolute Gasteiger partial charge is 0.396 e. The van der Waals surface area contributed by atoms with Gasteiger partial charge in [-0.25, -0.2) is 4.98 Å². The molecular weight excluding hydrogens is 402 g/mol. The summed E-state index contributed by atoms with van der Waals surface area (Å²) in [6, 6.07) is 3.44. The minimum atomic E-state index is -4.85. The fourth-order valence-corrected chi connectivity index (χ4v) is 2.25. The average Bonchev–Trinajstić information content (AvgIpc) is 2.55. The highest BCUT2D eigenvalue weighted by Gasteiger charge is 2.36. The molecule has 148 valence electrons. The number of aromatic nitrogens is 2. The third-order valence-corrected chi connectivity index (χ3v) is 3.52. The van der Waals surface area contributed by atoms with E-state index in [0.717, 1.165) is 18.2 Å². The van der Waals surface area contributed by atoms with Gasteiger partial charge in [-0.1, -0.05) is 17.7 Å². The van der Waals surface area contributed by atoms with Crippen LogP contribution in [0, 0.1) is 0 Å². The van der Waals surface area contributed by atoms with E-state index in [2.05, 4.69) is 20.6 Å². The van der Waals surface area contributed by atoms with Crippen LogP contribution in [0.25, 0.3) is 0 Å². The Hall–Kier alpha value is -2.27. The van der Waals surface area contributed by atoms with Crippen molar-refractivity contribution in [1.82, 2.24) is 9.97 Å². The highest BCUT2D eigenvalue weighted by molar-refractivity contribution is 6.33. The molecule has 0 saturated heterocycles. The van der Waals surface area contributed by atoms with E-state index in [1.54, 1.807) is 0 Å². The van der Waals surface area contributed by atoms with Crippen molar-refractivity contribution in [3.05, 3.63) is 40.5 Å². The number of rotatable bonds is 6. The van der Waals surface area contributed by atoms with Crippen molar-refractivity contribution in [2.45, 2.75) is 18.8 Å². The average molecular weight is 415 g/mol. The summed E-state index contributed by atoms with van der Waals surface area (Å²) in [6.07, 6.45) is -9.42. The molecule has 0 amide bonds. The Balaban J connectivity index is 2.45. The predicted molar refractivity (Wildman–Crippen MR) is 87.0 cm³/mol. The number of nitrogens with one attached hydrogen (secondary N) is 2. The third kappa shape index (κ3) is 5.60. The molecule has 3 N–H and O–H groups in total. The van der Waals surface area contributed by atoms with Gasteiger partial charge in [0, 0.05) is 19.2 Å². The number of benzene rings is 1. The lowest BCUT2D eigenvalue weighted by Crippen LogP contribution is -2.15. The van der Waals surface area contributed by atoms with E-state index in [-0.39, 0.29) is 24.6 Å². The first-order valence-electron chi connectivity index (χ1n) is 7.46. The van der Waals surface area contributed by atoms with E-state index in [9.17, 15) is 26.3 Å². The van der Waals surface area contributed by atoms with Crippen LogP contribution in [0.1, 0.15) is 17.7 Å². The second-order valence-electron chi connectivity index (χ2n) is 5.25. The zero-order valence-electron chi connectivity index (χ0n) is 13.4. The fraction of sp³-hybridized carbons (Fsp3) is 0.333. The van der Waals surface area contributed by atoms with Crippen molar-refractivity contribution in [2.75, 3.05) is 23.8 Å². The van der Waals surface area contributed by atoms with Gasteiger partial charge in [0.05, 0.1) is 16.3 Å². The minimum absolute atomic E-state index is 0.0666. The van der Waals surface area contributed by atoms with E-state index >= 15 is 0 Å². The fourth-order valence-electron chi connectivity index (χ4n) is 2.03. The molecule has 2 aromatic rings. The number of alkyl halides is 6. The summed E-state index contributed by atoms with van der Waals surface area (Å²) in [5, 5.41) is 13.0. The standard InChI is InChI=1S/C15H13ClF6N4O/c16-9-4-1-3-8(14(17,18)19)12(9)25-11-7-10(15(20,21)22)24-13(26-11)23-5-2-6-27/h1,3-4,7,27H,2,5-6H2,(H2,23,24,25,26). The SMILES string of the molecule is OCCCNc1nc(Nc2c(Cl)cccc2C(F)(F)F)cc(C(F)(F)F)n1. The van der Waals surface area contributed by atoms with Gasteiger partial charge in [-0.05, 0) is 18.6 Å². The van der Waals surface area contributed by atoms with Crippen molar-refractivity contribution in [3.8, 4) is 0 Å². The van der Waals surface area contributed by atoms with E-state index in [1.807, 2.05) is 0 Å². The molecule has 1 heterocycles. The molecule has 0 saturated carbocycles. The van der Waals surface area contributed by atoms with Crippen LogP contribution in [-0.4, -0.2) is 28.2 Å². The number of anilines is 3. The van der Waals surface area contributed by atoms with Crippen molar-refractivity contribution in [1.29, 1.82) is 0 Å². The van der Waals surface area contributed by atoms with Crippen LogP contribution in [0.3, 0.4) is 0 Å². The van der Waals surface area contributed by atoms with Crippen LogP contribution in [0.2, 0.25) is 5.02 Å². The van der Waals surface area contributed by atoms with Gasteiger partial charge in [-0.2, -0.15) is 31.3 Å². The largest absolute Gasteiger partial charge is 0.433 e. The quantitative estimate of drug-likeness (QED) is 0.472. The van der Waals surface area contributed by atoms with Gasteiger partial charge >= 0.3 is 12.4 Å². The van der Waals surface area contributed by atoms with Crippen molar-refractivity contribution < 1.29 is 31.4 Å². The number of nitrogens with zero attached hydrogens (tertiary/aromatic N) is 2. The summed E-state index contributed by atoms with van der Waals surface area (Å²) < 4.78 is 78.5. The molecule has 0 aliphatic heterocycles. The molecule has 0 unspecified atom stereocenters. The first-order chi connectivity index (χ1) is 12.5. The van der Waals surface area contributed by atoms with Crippen LogP contribution < -0.4 is 10.6 Å². The van der Waals surface area contributed by atoms with Gasteiger partial charge in [-0.3, -0.25) is 0 Å². The molecule has 5 nitrogen and oxygen atoms in total. The Bertz CT molecular complexity index is 797. The number of aliphatic hydroxyl groups excluding tert-OH is 1. The Kier molecular flexibility index (Phi) is 6.37. The van der Waals surface area contributed by atoms with Crippen molar-refractivity contribution >= 4 is 29.1 Å². The molecule has 0 fully saturated rings. The number of aliphatic hydroxyl groups is 1. The molecule has 12 heteroatoms. The third-order valence-electron chi connectivity index (χ3n) is 3.21. The van der Waals surface area contributed by atoms with E-state index < -0.39 is 41.1 Å². The number of halogens is 7. The van der Waals surface area contributed by atoms with E-state index in [0.29, 0.717) is 6.07 Å². The molecule has 2 rings (SSSR count). The first-order valence-corrected chi connectivity index (χ1v) is 7.84. The van der Waals surface area contributed by atoms with Crippen LogP contribution in [0.15, 0.2) is 24.3 Å². The molecular formula is C15H13ClF6N4O. The Labute approximate surface area is 154 Å². The maximum absolute atomic E-state index is 13.1. The summed E-state index contributed by atoms with van der Waals surface area (Å²) in [6.45, 7) is -0.150. The molecule has 0 atom stereocenters. The van der Waals surface area contributed by atoms with Crippen molar-refractivity contribution in [3.63, 3.8) is 0 Å². The summed E-state index contributed by atoms with van der Waals surface area (Å²) in [4.78, 5) is 7.02.